The number of quaternary nitrogens is 1. The van der Waals surface area contributed by atoms with Gasteiger partial charge in [0.15, 0.2) is 0 Å². The molecule has 0 fully saturated rings. The van der Waals surface area contributed by atoms with Gasteiger partial charge < -0.3 is 15.3 Å². The molecule has 6 N–H and O–H groups in total. The van der Waals surface area contributed by atoms with Gasteiger partial charge >= 0.3 is 5.96 Å². The van der Waals surface area contributed by atoms with Crippen LogP contribution < -0.4 is 10.9 Å². The molecule has 9 nitrogen and oxygen atoms in total. The SMILES string of the molecule is C/C(=N/N/C(=N\N=C(/C)c1ccc(O)cc1)[NH2+]/N=C(\C)c1ccc(O)cc1)c1ccc(O)cc1. The highest BCUT2D eigenvalue weighted by molar-refractivity contribution is 6.00. The number of phenols is 3. The molecule has 0 saturated carbocycles. The topological polar surface area (TPSA) is 139 Å². The lowest BCUT2D eigenvalue weighted by molar-refractivity contribution is -0.549. The van der Waals surface area contributed by atoms with E-state index in [1.54, 1.807) is 72.8 Å². The van der Waals surface area contributed by atoms with E-state index in [1.807, 2.05) is 20.8 Å². The summed E-state index contributed by atoms with van der Waals surface area (Å²) < 4.78 is 0. The quantitative estimate of drug-likeness (QED) is 0.167. The summed E-state index contributed by atoms with van der Waals surface area (Å²) in [5, 5.41) is 45.8. The number of nitrogens with one attached hydrogen (secondary N) is 1. The molecule has 9 heteroatoms. The Morgan fingerprint density at radius 2 is 1.00 bits per heavy atom. The molecular weight excluding hydrogens is 432 g/mol. The summed E-state index contributed by atoms with van der Waals surface area (Å²) in [7, 11) is 0. The van der Waals surface area contributed by atoms with Crippen molar-refractivity contribution in [3.05, 3.63) is 89.5 Å². The van der Waals surface area contributed by atoms with Crippen molar-refractivity contribution < 1.29 is 20.7 Å². The van der Waals surface area contributed by atoms with Crippen molar-refractivity contribution in [1.82, 2.24) is 5.43 Å². The monoisotopic (exact) mass is 459 g/mol. The summed E-state index contributed by atoms with van der Waals surface area (Å²) in [5.41, 5.74) is 8.94. The third-order valence-corrected chi connectivity index (χ3v) is 4.88. The number of benzene rings is 3. The molecule has 0 spiro atoms. The highest BCUT2D eigenvalue weighted by Crippen LogP contribution is 2.12. The van der Waals surface area contributed by atoms with Gasteiger partial charge in [-0.25, -0.2) is 5.43 Å². The first-order valence-corrected chi connectivity index (χ1v) is 10.5. The Labute approximate surface area is 197 Å². The van der Waals surface area contributed by atoms with Gasteiger partial charge in [-0.15, -0.1) is 5.10 Å². The summed E-state index contributed by atoms with van der Waals surface area (Å²) >= 11 is 0. The van der Waals surface area contributed by atoms with Gasteiger partial charge in [0.05, 0.1) is 11.4 Å². The first-order chi connectivity index (χ1) is 16.3. The maximum Gasteiger partial charge on any atom is 0.365 e. The van der Waals surface area contributed by atoms with Crippen molar-refractivity contribution in [2.45, 2.75) is 20.8 Å². The molecule has 0 saturated heterocycles. The van der Waals surface area contributed by atoms with Crippen LogP contribution in [-0.4, -0.2) is 38.4 Å². The van der Waals surface area contributed by atoms with Gasteiger partial charge in [0.1, 0.15) is 23.0 Å². The predicted molar refractivity (Wildman–Crippen MR) is 133 cm³/mol. The summed E-state index contributed by atoms with van der Waals surface area (Å²) in [6.45, 7) is 5.48. The largest absolute Gasteiger partial charge is 0.508 e. The Balaban J connectivity index is 1.84. The number of nitrogens with zero attached hydrogens (tertiary/aromatic N) is 4. The molecule has 3 aromatic carbocycles. The Bertz CT molecular complexity index is 1160. The van der Waals surface area contributed by atoms with Crippen molar-refractivity contribution in [1.29, 1.82) is 0 Å². The first kappa shape index (κ1) is 24.1. The van der Waals surface area contributed by atoms with Crippen LogP contribution in [0.5, 0.6) is 17.2 Å². The second-order valence-corrected chi connectivity index (χ2v) is 7.46. The zero-order chi connectivity index (χ0) is 24.5. The van der Waals surface area contributed by atoms with Gasteiger partial charge in [-0.1, -0.05) is 10.2 Å². The van der Waals surface area contributed by atoms with Crippen LogP contribution in [0, 0.1) is 0 Å². The number of hydrogen-bond donors (Lipinski definition) is 5. The standard InChI is InChI=1S/C25H26N6O3/c1-16(19-4-10-22(32)11-5-19)26-29-25(30-27-17(2)20-6-12-23(33)13-7-20)31-28-18(3)21-8-14-24(34)15-9-21/h4-15,32-34H,1-3H3,(H2,29,30,31)/p+1/b26-16-,27-17+,28-18+. The van der Waals surface area contributed by atoms with E-state index in [0.717, 1.165) is 16.7 Å². The van der Waals surface area contributed by atoms with Crippen LogP contribution >= 0.6 is 0 Å². The van der Waals surface area contributed by atoms with E-state index in [-0.39, 0.29) is 17.2 Å². The predicted octanol–water partition coefficient (Wildman–Crippen LogP) is 2.88. The molecule has 0 aliphatic carbocycles. The Hall–Kier alpha value is -4.50. The number of aromatic hydroxyl groups is 3. The fraction of sp³-hybridized carbons (Fsp3) is 0.120. The molecule has 0 aliphatic rings. The smallest absolute Gasteiger partial charge is 0.365 e. The van der Waals surface area contributed by atoms with Gasteiger partial charge in [-0.05, 0) is 105 Å². The normalized spacial score (nSPS) is 13.1. The number of rotatable bonds is 6. The molecule has 0 unspecified atom stereocenters. The molecule has 0 aromatic heterocycles. The van der Waals surface area contributed by atoms with Crippen molar-refractivity contribution in [2.75, 3.05) is 0 Å². The van der Waals surface area contributed by atoms with Crippen LogP contribution in [0.15, 0.2) is 93.2 Å². The number of hydrazone groups is 1. The minimum Gasteiger partial charge on any atom is -0.508 e. The third-order valence-electron chi connectivity index (χ3n) is 4.88. The van der Waals surface area contributed by atoms with E-state index in [4.69, 9.17) is 0 Å². The lowest BCUT2D eigenvalue weighted by Crippen LogP contribution is -2.86. The highest BCUT2D eigenvalue weighted by atomic mass is 16.3. The lowest BCUT2D eigenvalue weighted by atomic mass is 10.1. The fourth-order valence-electron chi connectivity index (χ4n) is 2.81. The summed E-state index contributed by atoms with van der Waals surface area (Å²) in [5.74, 6) is 0.837. The summed E-state index contributed by atoms with van der Waals surface area (Å²) in [6, 6.07) is 20.1. The maximum atomic E-state index is 9.48. The van der Waals surface area contributed by atoms with E-state index in [0.29, 0.717) is 23.1 Å². The van der Waals surface area contributed by atoms with Crippen LogP contribution in [0.1, 0.15) is 37.5 Å². The Morgan fingerprint density at radius 3 is 1.47 bits per heavy atom. The molecule has 0 aliphatic heterocycles. The number of hydrogen-bond acceptors (Lipinski definition) is 7. The summed E-state index contributed by atoms with van der Waals surface area (Å²) in [4.78, 5) is 0. The van der Waals surface area contributed by atoms with Crippen LogP contribution in [0.4, 0.5) is 0 Å². The summed E-state index contributed by atoms with van der Waals surface area (Å²) in [6.07, 6.45) is 0. The van der Waals surface area contributed by atoms with Crippen molar-refractivity contribution in [2.24, 2.45) is 20.4 Å². The zero-order valence-corrected chi connectivity index (χ0v) is 19.1. The average molecular weight is 460 g/mol. The van der Waals surface area contributed by atoms with Crippen molar-refractivity contribution in [3.63, 3.8) is 0 Å². The third kappa shape index (κ3) is 7.01. The molecule has 0 radical (unpaired) electrons. The van der Waals surface area contributed by atoms with E-state index in [2.05, 4.69) is 25.8 Å². The minimum absolute atomic E-state index is 0.175. The first-order valence-electron chi connectivity index (χ1n) is 10.5. The fourth-order valence-corrected chi connectivity index (χ4v) is 2.81. The van der Waals surface area contributed by atoms with E-state index < -0.39 is 0 Å². The molecule has 0 amide bonds. The van der Waals surface area contributed by atoms with Crippen LogP contribution in [-0.2, 0) is 0 Å². The zero-order valence-electron chi connectivity index (χ0n) is 19.1. The number of phenolic OH excluding ortho intramolecular Hbond substituents is 3. The number of guanidine groups is 1. The Morgan fingerprint density at radius 1 is 0.588 bits per heavy atom. The molecule has 34 heavy (non-hydrogen) atoms. The van der Waals surface area contributed by atoms with E-state index in [9.17, 15) is 15.3 Å². The van der Waals surface area contributed by atoms with Gasteiger partial charge in [0.25, 0.3) is 0 Å². The second-order valence-electron chi connectivity index (χ2n) is 7.46. The lowest BCUT2D eigenvalue weighted by Gasteiger charge is -2.04. The minimum atomic E-state index is 0.175. The van der Waals surface area contributed by atoms with Crippen LogP contribution in [0.25, 0.3) is 0 Å². The highest BCUT2D eigenvalue weighted by Gasteiger charge is 2.07. The van der Waals surface area contributed by atoms with Crippen molar-refractivity contribution >= 4 is 23.1 Å². The van der Waals surface area contributed by atoms with E-state index >= 15 is 0 Å². The van der Waals surface area contributed by atoms with Crippen molar-refractivity contribution in [3.8, 4) is 17.2 Å². The molecule has 0 bridgehead atoms. The second kappa shape index (κ2) is 11.4. The van der Waals surface area contributed by atoms with Gasteiger partial charge in [-0.2, -0.15) is 10.5 Å². The van der Waals surface area contributed by atoms with Crippen LogP contribution in [0.3, 0.4) is 0 Å². The number of nitrogens with two attached hydrogens (primary N) is 1. The van der Waals surface area contributed by atoms with E-state index in [1.165, 1.54) is 5.43 Å². The maximum absolute atomic E-state index is 9.48. The van der Waals surface area contributed by atoms with Gasteiger partial charge in [-0.3, -0.25) is 0 Å². The van der Waals surface area contributed by atoms with Gasteiger partial charge in [0.2, 0.25) is 0 Å². The average Bonchev–Trinajstić information content (AvgIpc) is 2.84. The molecule has 174 valence electrons. The molecule has 3 rings (SSSR count). The molecule has 0 atom stereocenters. The van der Waals surface area contributed by atoms with Gasteiger partial charge in [0, 0.05) is 5.56 Å². The molecule has 0 heterocycles. The Kier molecular flexibility index (Phi) is 8.09. The molecule has 3 aromatic rings. The molecular formula is C25H27N6O3+. The van der Waals surface area contributed by atoms with Crippen LogP contribution in [0.2, 0.25) is 0 Å².